The van der Waals surface area contributed by atoms with Crippen molar-refractivity contribution >= 4 is 5.82 Å². The molecule has 0 radical (unpaired) electrons. The summed E-state index contributed by atoms with van der Waals surface area (Å²) in [6.45, 7) is 7.04. The molecule has 1 aromatic heterocycles. The number of hydrogen-bond donors (Lipinski definition) is 3. The van der Waals surface area contributed by atoms with Crippen molar-refractivity contribution < 1.29 is 4.74 Å². The second-order valence-electron chi connectivity index (χ2n) is 5.56. The Balaban J connectivity index is 2.00. The number of aromatic nitrogens is 1. The van der Waals surface area contributed by atoms with Crippen LogP contribution in [0.1, 0.15) is 19.4 Å². The highest BCUT2D eigenvalue weighted by Gasteiger charge is 2.28. The summed E-state index contributed by atoms with van der Waals surface area (Å²) in [4.78, 5) is 6.42. The first-order valence-electron chi connectivity index (χ1n) is 7.12. The Kier molecular flexibility index (Phi) is 5.31. The van der Waals surface area contributed by atoms with E-state index in [9.17, 15) is 0 Å². The maximum absolute atomic E-state index is 5.88. The van der Waals surface area contributed by atoms with E-state index in [1.165, 1.54) is 0 Å². The summed E-state index contributed by atoms with van der Waals surface area (Å²) in [5.74, 6) is 6.25. The van der Waals surface area contributed by atoms with E-state index >= 15 is 0 Å². The van der Waals surface area contributed by atoms with Crippen molar-refractivity contribution in [1.29, 1.82) is 0 Å². The first-order valence-corrected chi connectivity index (χ1v) is 7.12. The van der Waals surface area contributed by atoms with Gasteiger partial charge in [0, 0.05) is 25.3 Å². The number of morpholine rings is 1. The van der Waals surface area contributed by atoms with Crippen molar-refractivity contribution in [2.24, 2.45) is 5.84 Å². The molecule has 0 saturated carbocycles. The Labute approximate surface area is 120 Å². The fourth-order valence-electron chi connectivity index (χ4n) is 2.58. The molecule has 112 valence electrons. The molecule has 6 nitrogen and oxygen atoms in total. The highest BCUT2D eigenvalue weighted by molar-refractivity contribution is 5.32. The molecule has 6 heteroatoms. The van der Waals surface area contributed by atoms with Crippen LogP contribution in [0.15, 0.2) is 18.3 Å². The zero-order chi connectivity index (χ0) is 14.5. The zero-order valence-electron chi connectivity index (χ0n) is 12.2. The minimum Gasteiger partial charge on any atom is -0.384 e. The Morgan fingerprint density at radius 1 is 1.55 bits per heavy atom. The van der Waals surface area contributed by atoms with Gasteiger partial charge < -0.3 is 10.5 Å². The Morgan fingerprint density at radius 3 is 3.00 bits per heavy atom. The monoisotopic (exact) mass is 279 g/mol. The van der Waals surface area contributed by atoms with E-state index in [0.717, 1.165) is 31.7 Å². The maximum atomic E-state index is 5.88. The average Bonchev–Trinajstić information content (AvgIpc) is 2.45. The molecule has 1 aliphatic heterocycles. The third-order valence-electron chi connectivity index (χ3n) is 3.82. The van der Waals surface area contributed by atoms with Gasteiger partial charge in [0.15, 0.2) is 0 Å². The zero-order valence-corrected chi connectivity index (χ0v) is 12.2. The molecule has 2 heterocycles. The summed E-state index contributed by atoms with van der Waals surface area (Å²) in [7, 11) is 0. The molecule has 1 fully saturated rings. The summed E-state index contributed by atoms with van der Waals surface area (Å²) in [6.07, 6.45) is 2.59. The average molecular weight is 279 g/mol. The normalized spacial score (nSPS) is 22.1. The van der Waals surface area contributed by atoms with Crippen LogP contribution < -0.4 is 17.0 Å². The fraction of sp³-hybridized carbons (Fsp3) is 0.643. The Bertz CT molecular complexity index is 426. The van der Waals surface area contributed by atoms with Crippen LogP contribution in [0.3, 0.4) is 0 Å². The van der Waals surface area contributed by atoms with Crippen molar-refractivity contribution in [2.45, 2.75) is 38.5 Å². The molecular formula is C14H25N5O. The topological polar surface area (TPSA) is 89.4 Å². The van der Waals surface area contributed by atoms with E-state index in [1.807, 2.05) is 12.1 Å². The van der Waals surface area contributed by atoms with Gasteiger partial charge in [-0.15, -0.1) is 0 Å². The summed E-state index contributed by atoms with van der Waals surface area (Å²) in [5, 5.41) is 0. The minimum absolute atomic E-state index is 0.0679. The summed E-state index contributed by atoms with van der Waals surface area (Å²) >= 11 is 0. The third kappa shape index (κ3) is 3.89. The molecule has 1 aromatic rings. The van der Waals surface area contributed by atoms with E-state index in [-0.39, 0.29) is 12.1 Å². The molecule has 2 atom stereocenters. The highest BCUT2D eigenvalue weighted by Crippen LogP contribution is 2.15. The van der Waals surface area contributed by atoms with Crippen LogP contribution >= 0.6 is 0 Å². The van der Waals surface area contributed by atoms with Gasteiger partial charge in [0.05, 0.1) is 18.8 Å². The number of pyridine rings is 1. The Morgan fingerprint density at radius 2 is 2.35 bits per heavy atom. The van der Waals surface area contributed by atoms with Crippen LogP contribution in [-0.4, -0.2) is 47.8 Å². The standard InChI is InChI=1S/C14H25N5O/c1-10(2)19-5-6-20-13(9-19)12(18-16)7-11-3-4-17-14(15)8-11/h3-4,8,10,12-13,18H,5-7,9,16H2,1-2H3,(H2,15,17). The molecule has 2 unspecified atom stereocenters. The lowest BCUT2D eigenvalue weighted by Crippen LogP contribution is -2.56. The van der Waals surface area contributed by atoms with Gasteiger partial charge in [-0.1, -0.05) is 0 Å². The van der Waals surface area contributed by atoms with E-state index in [1.54, 1.807) is 6.20 Å². The smallest absolute Gasteiger partial charge is 0.123 e. The van der Waals surface area contributed by atoms with Crippen LogP contribution in [0.4, 0.5) is 5.82 Å². The van der Waals surface area contributed by atoms with E-state index < -0.39 is 0 Å². The molecule has 0 spiro atoms. The van der Waals surface area contributed by atoms with E-state index in [0.29, 0.717) is 11.9 Å². The van der Waals surface area contributed by atoms with E-state index in [4.69, 9.17) is 16.3 Å². The lowest BCUT2D eigenvalue weighted by Gasteiger charge is -2.38. The van der Waals surface area contributed by atoms with Crippen molar-refractivity contribution in [3.8, 4) is 0 Å². The Hall–Kier alpha value is -1.21. The van der Waals surface area contributed by atoms with Crippen molar-refractivity contribution in [3.05, 3.63) is 23.9 Å². The van der Waals surface area contributed by atoms with Gasteiger partial charge in [0.1, 0.15) is 5.82 Å². The van der Waals surface area contributed by atoms with Gasteiger partial charge in [-0.25, -0.2) is 4.98 Å². The molecule has 0 aromatic carbocycles. The largest absolute Gasteiger partial charge is 0.384 e. The van der Waals surface area contributed by atoms with Gasteiger partial charge in [-0.3, -0.25) is 16.2 Å². The van der Waals surface area contributed by atoms with Crippen molar-refractivity contribution in [2.75, 3.05) is 25.4 Å². The SMILES string of the molecule is CC(C)N1CCOC(C(Cc2ccnc(N)c2)NN)C1. The van der Waals surface area contributed by atoms with Gasteiger partial charge in [-0.05, 0) is 38.0 Å². The van der Waals surface area contributed by atoms with Crippen LogP contribution in [0.5, 0.6) is 0 Å². The first-order chi connectivity index (χ1) is 9.60. The van der Waals surface area contributed by atoms with Crippen LogP contribution in [-0.2, 0) is 11.2 Å². The second-order valence-corrected chi connectivity index (χ2v) is 5.56. The summed E-state index contributed by atoms with van der Waals surface area (Å²) < 4.78 is 5.88. The quantitative estimate of drug-likeness (QED) is 0.525. The van der Waals surface area contributed by atoms with Crippen molar-refractivity contribution in [1.82, 2.24) is 15.3 Å². The number of ether oxygens (including phenoxy) is 1. The molecule has 0 aliphatic carbocycles. The number of rotatable bonds is 5. The molecule has 1 aliphatic rings. The van der Waals surface area contributed by atoms with Crippen LogP contribution in [0, 0.1) is 0 Å². The van der Waals surface area contributed by atoms with Crippen molar-refractivity contribution in [3.63, 3.8) is 0 Å². The van der Waals surface area contributed by atoms with Gasteiger partial charge in [-0.2, -0.15) is 0 Å². The molecule has 1 saturated heterocycles. The first kappa shape index (κ1) is 15.2. The van der Waals surface area contributed by atoms with Gasteiger partial charge in [0.25, 0.3) is 0 Å². The molecule has 2 rings (SSSR count). The molecular weight excluding hydrogens is 254 g/mol. The van der Waals surface area contributed by atoms with Crippen LogP contribution in [0.2, 0.25) is 0 Å². The maximum Gasteiger partial charge on any atom is 0.123 e. The predicted octanol–water partition coefficient (Wildman–Crippen LogP) is 0.147. The number of nitrogens with zero attached hydrogens (tertiary/aromatic N) is 2. The predicted molar refractivity (Wildman–Crippen MR) is 79.9 cm³/mol. The third-order valence-corrected chi connectivity index (χ3v) is 3.82. The van der Waals surface area contributed by atoms with Gasteiger partial charge >= 0.3 is 0 Å². The second kappa shape index (κ2) is 6.99. The highest BCUT2D eigenvalue weighted by atomic mass is 16.5. The summed E-state index contributed by atoms with van der Waals surface area (Å²) in [5.41, 5.74) is 9.72. The number of anilines is 1. The van der Waals surface area contributed by atoms with Crippen LogP contribution in [0.25, 0.3) is 0 Å². The molecule has 0 bridgehead atoms. The lowest BCUT2D eigenvalue weighted by molar-refractivity contribution is -0.0552. The molecule has 0 amide bonds. The number of nitrogens with one attached hydrogen (secondary N) is 1. The summed E-state index contributed by atoms with van der Waals surface area (Å²) in [6, 6.07) is 4.44. The van der Waals surface area contributed by atoms with Gasteiger partial charge in [0.2, 0.25) is 0 Å². The number of nitrogen functional groups attached to an aromatic ring is 1. The van der Waals surface area contributed by atoms with E-state index in [2.05, 4.69) is 29.2 Å². The number of nitrogens with two attached hydrogens (primary N) is 2. The molecule has 20 heavy (non-hydrogen) atoms. The number of hydrogen-bond acceptors (Lipinski definition) is 6. The fourth-order valence-corrected chi connectivity index (χ4v) is 2.58. The minimum atomic E-state index is 0.0679. The molecule has 5 N–H and O–H groups in total. The lowest BCUT2D eigenvalue weighted by atomic mass is 10.0. The number of hydrazine groups is 1.